The van der Waals surface area contributed by atoms with Crippen LogP contribution in [0, 0.1) is 0 Å². The van der Waals surface area contributed by atoms with Gasteiger partial charge in [0.25, 0.3) is 6.43 Å². The number of carbonyl (C=O) groups is 1. The van der Waals surface area contributed by atoms with E-state index in [1.165, 1.54) is 10.9 Å². The zero-order valence-electron chi connectivity index (χ0n) is 12.7. The minimum absolute atomic E-state index is 0.108. The van der Waals surface area contributed by atoms with Crippen molar-refractivity contribution in [3.63, 3.8) is 0 Å². The van der Waals surface area contributed by atoms with Crippen LogP contribution in [-0.4, -0.2) is 34.1 Å². The number of halogens is 2. The van der Waals surface area contributed by atoms with Crippen LogP contribution >= 0.6 is 0 Å². The zero-order chi connectivity index (χ0) is 16.2. The smallest absolute Gasteiger partial charge is 0.407 e. The number of hydrogen-bond donors (Lipinski definition) is 2. The van der Waals surface area contributed by atoms with E-state index in [1.54, 1.807) is 27.8 Å². The van der Waals surface area contributed by atoms with E-state index in [1.807, 2.05) is 0 Å². The van der Waals surface area contributed by atoms with Crippen LogP contribution in [0.15, 0.2) is 6.20 Å². The van der Waals surface area contributed by atoms with Crippen LogP contribution in [0.5, 0.6) is 0 Å². The number of rotatable bonds is 5. The molecule has 6 nitrogen and oxygen atoms in total. The van der Waals surface area contributed by atoms with Crippen LogP contribution < -0.4 is 11.1 Å². The van der Waals surface area contributed by atoms with Crippen LogP contribution in [0.4, 0.5) is 13.6 Å². The predicted octanol–water partition coefficient (Wildman–Crippen LogP) is 1.75. The van der Waals surface area contributed by atoms with Gasteiger partial charge in [0.1, 0.15) is 11.3 Å². The molecule has 8 heteroatoms. The molecule has 0 saturated heterocycles. The van der Waals surface area contributed by atoms with E-state index in [2.05, 4.69) is 10.4 Å². The maximum absolute atomic E-state index is 12.9. The molecular weight excluding hydrogens is 282 g/mol. The third-order valence-corrected chi connectivity index (χ3v) is 2.62. The number of nitrogens with one attached hydrogen (secondary N) is 1. The third-order valence-electron chi connectivity index (χ3n) is 2.62. The average Bonchev–Trinajstić information content (AvgIpc) is 2.67. The van der Waals surface area contributed by atoms with Crippen molar-refractivity contribution >= 4 is 6.09 Å². The van der Waals surface area contributed by atoms with Crippen LogP contribution in [-0.2, 0) is 18.2 Å². The molecule has 0 aromatic carbocycles. The highest BCUT2D eigenvalue weighted by Gasteiger charge is 2.23. The number of nitrogens with zero attached hydrogens (tertiary/aromatic N) is 2. The standard InChI is InChI=1S/C13H22F2N4O2/c1-13(2,3)21-12(20)17-9(6-16)5-8-7-19(4)18-10(8)11(14)15/h7,9,11H,5-6,16H2,1-4H3,(H,17,20). The molecule has 3 N–H and O–H groups in total. The molecule has 1 amide bonds. The van der Waals surface area contributed by atoms with Crippen molar-refractivity contribution in [3.8, 4) is 0 Å². The van der Waals surface area contributed by atoms with E-state index in [4.69, 9.17) is 10.5 Å². The van der Waals surface area contributed by atoms with Crippen molar-refractivity contribution in [3.05, 3.63) is 17.5 Å². The highest BCUT2D eigenvalue weighted by Crippen LogP contribution is 2.22. The summed E-state index contributed by atoms with van der Waals surface area (Å²) in [5.41, 5.74) is 5.02. The minimum Gasteiger partial charge on any atom is -0.444 e. The summed E-state index contributed by atoms with van der Waals surface area (Å²) in [6.07, 6.45) is -1.62. The summed E-state index contributed by atoms with van der Waals surface area (Å²) in [7, 11) is 1.56. The molecule has 0 aliphatic carbocycles. The summed E-state index contributed by atoms with van der Waals surface area (Å²) in [4.78, 5) is 11.7. The quantitative estimate of drug-likeness (QED) is 0.868. The van der Waals surface area contributed by atoms with Gasteiger partial charge < -0.3 is 15.8 Å². The predicted molar refractivity (Wildman–Crippen MR) is 74.1 cm³/mol. The van der Waals surface area contributed by atoms with E-state index in [0.29, 0.717) is 5.56 Å². The SMILES string of the molecule is Cn1cc(CC(CN)NC(=O)OC(C)(C)C)c(C(F)F)n1. The first-order chi connectivity index (χ1) is 9.62. The number of nitrogens with two attached hydrogens (primary N) is 1. The topological polar surface area (TPSA) is 82.2 Å². The highest BCUT2D eigenvalue weighted by atomic mass is 19.3. The fraction of sp³-hybridized carbons (Fsp3) is 0.692. The first kappa shape index (κ1) is 17.4. The lowest BCUT2D eigenvalue weighted by Crippen LogP contribution is -2.44. The highest BCUT2D eigenvalue weighted by molar-refractivity contribution is 5.68. The number of alkyl carbamates (subject to hydrolysis) is 1. The lowest BCUT2D eigenvalue weighted by molar-refractivity contribution is 0.0506. The Hall–Kier alpha value is -1.70. The lowest BCUT2D eigenvalue weighted by Gasteiger charge is -2.23. The number of carbonyl (C=O) groups excluding carboxylic acids is 1. The first-order valence-corrected chi connectivity index (χ1v) is 6.62. The van der Waals surface area contributed by atoms with Crippen LogP contribution in [0.25, 0.3) is 0 Å². The average molecular weight is 304 g/mol. The summed E-state index contributed by atoms with van der Waals surface area (Å²) in [6.45, 7) is 5.32. The molecule has 1 rings (SSSR count). The van der Waals surface area contributed by atoms with Crippen molar-refractivity contribution < 1.29 is 18.3 Å². The molecule has 0 fully saturated rings. The molecule has 0 spiro atoms. The minimum atomic E-state index is -2.67. The Bertz CT molecular complexity index is 483. The van der Waals surface area contributed by atoms with Gasteiger partial charge in [0.05, 0.1) is 0 Å². The summed E-state index contributed by atoms with van der Waals surface area (Å²) in [6, 6.07) is -0.499. The normalized spacial score (nSPS) is 13.3. The molecule has 1 atom stereocenters. The van der Waals surface area contributed by atoms with E-state index in [9.17, 15) is 13.6 Å². The fourth-order valence-corrected chi connectivity index (χ4v) is 1.83. The Kier molecular flexibility index (Phi) is 5.65. The summed E-state index contributed by atoms with van der Waals surface area (Å²) in [5.74, 6) is 0. The second-order valence-corrected chi connectivity index (χ2v) is 5.80. The second-order valence-electron chi connectivity index (χ2n) is 5.80. The van der Waals surface area contributed by atoms with E-state index in [-0.39, 0.29) is 18.7 Å². The van der Waals surface area contributed by atoms with Gasteiger partial charge in [0.15, 0.2) is 0 Å². The Morgan fingerprint density at radius 1 is 1.52 bits per heavy atom. The summed E-state index contributed by atoms with van der Waals surface area (Å²) >= 11 is 0. The first-order valence-electron chi connectivity index (χ1n) is 6.62. The monoisotopic (exact) mass is 304 g/mol. The summed E-state index contributed by atoms with van der Waals surface area (Å²) < 4.78 is 32.2. The largest absolute Gasteiger partial charge is 0.444 e. The molecule has 0 saturated carbocycles. The molecular formula is C13H22F2N4O2. The van der Waals surface area contributed by atoms with Crippen molar-refractivity contribution in [1.29, 1.82) is 0 Å². The third kappa shape index (κ3) is 5.66. The molecule has 1 heterocycles. The van der Waals surface area contributed by atoms with Gasteiger partial charge in [-0.25, -0.2) is 13.6 Å². The molecule has 1 aromatic rings. The van der Waals surface area contributed by atoms with Crippen molar-refractivity contribution in [2.24, 2.45) is 12.8 Å². The number of alkyl halides is 2. The van der Waals surface area contributed by atoms with Gasteiger partial charge >= 0.3 is 6.09 Å². The van der Waals surface area contributed by atoms with Crippen LogP contribution in [0.3, 0.4) is 0 Å². The molecule has 120 valence electrons. The molecule has 0 aliphatic rings. The van der Waals surface area contributed by atoms with Gasteiger partial charge in [-0.15, -0.1) is 0 Å². The van der Waals surface area contributed by atoms with Gasteiger partial charge in [-0.1, -0.05) is 0 Å². The van der Waals surface area contributed by atoms with Crippen LogP contribution in [0.1, 0.15) is 38.5 Å². The van der Waals surface area contributed by atoms with Crippen molar-refractivity contribution in [2.75, 3.05) is 6.54 Å². The Labute approximate surface area is 122 Å². The lowest BCUT2D eigenvalue weighted by atomic mass is 10.1. The van der Waals surface area contributed by atoms with E-state index >= 15 is 0 Å². The Morgan fingerprint density at radius 3 is 2.62 bits per heavy atom. The van der Waals surface area contributed by atoms with Crippen molar-refractivity contribution in [2.45, 2.75) is 45.3 Å². The van der Waals surface area contributed by atoms with Gasteiger partial charge in [0, 0.05) is 31.4 Å². The molecule has 1 unspecified atom stereocenters. The molecule has 0 bridgehead atoms. The maximum atomic E-state index is 12.9. The van der Waals surface area contributed by atoms with Crippen LogP contribution in [0.2, 0.25) is 0 Å². The zero-order valence-corrected chi connectivity index (χ0v) is 12.7. The number of amides is 1. The molecule has 0 radical (unpaired) electrons. The van der Waals surface area contributed by atoms with E-state index in [0.717, 1.165) is 0 Å². The van der Waals surface area contributed by atoms with Gasteiger partial charge in [-0.05, 0) is 27.2 Å². The molecule has 1 aromatic heterocycles. The fourth-order valence-electron chi connectivity index (χ4n) is 1.83. The van der Waals surface area contributed by atoms with Gasteiger partial charge in [0.2, 0.25) is 0 Å². The molecule has 0 aliphatic heterocycles. The number of aromatic nitrogens is 2. The number of hydrogen-bond acceptors (Lipinski definition) is 4. The van der Waals surface area contributed by atoms with Gasteiger partial charge in [-0.3, -0.25) is 4.68 Å². The van der Waals surface area contributed by atoms with Crippen molar-refractivity contribution in [1.82, 2.24) is 15.1 Å². The summed E-state index contributed by atoms with van der Waals surface area (Å²) in [5, 5.41) is 6.30. The number of aryl methyl sites for hydroxylation is 1. The van der Waals surface area contributed by atoms with Gasteiger partial charge in [-0.2, -0.15) is 5.10 Å². The number of ether oxygens (including phenoxy) is 1. The second kappa shape index (κ2) is 6.84. The Balaban J connectivity index is 2.72. The Morgan fingerprint density at radius 2 is 2.14 bits per heavy atom. The molecule has 21 heavy (non-hydrogen) atoms. The maximum Gasteiger partial charge on any atom is 0.407 e. The van der Waals surface area contributed by atoms with E-state index < -0.39 is 24.2 Å².